The predicted molar refractivity (Wildman–Crippen MR) is 90.0 cm³/mol. The van der Waals surface area contributed by atoms with Crippen molar-refractivity contribution in [3.05, 3.63) is 41.7 Å². The van der Waals surface area contributed by atoms with E-state index in [2.05, 4.69) is 12.2 Å². The number of nitrogens with one attached hydrogen (secondary N) is 1. The second kappa shape index (κ2) is 8.36. The lowest BCUT2D eigenvalue weighted by molar-refractivity contribution is -0.137. The molecule has 1 aromatic rings. The number of esters is 1. The van der Waals surface area contributed by atoms with Gasteiger partial charge in [0.1, 0.15) is 5.82 Å². The number of amides is 1. The number of rotatable bonds is 7. The largest absolute Gasteiger partial charge is 0.463 e. The molecule has 0 bridgehead atoms. The molecule has 0 fully saturated rings. The minimum absolute atomic E-state index is 0.0774. The van der Waals surface area contributed by atoms with Crippen LogP contribution in [0.15, 0.2) is 36.2 Å². The fraction of sp³-hybridized carbons (Fsp3) is 0.444. The number of para-hydroxylation sites is 1. The van der Waals surface area contributed by atoms with Gasteiger partial charge in [0.15, 0.2) is 0 Å². The Morgan fingerprint density at radius 2 is 2.00 bits per heavy atom. The molecule has 0 spiro atoms. The second-order valence-corrected chi connectivity index (χ2v) is 5.47. The van der Waals surface area contributed by atoms with E-state index in [1.807, 2.05) is 18.2 Å². The van der Waals surface area contributed by atoms with Crippen LogP contribution < -0.4 is 5.32 Å². The van der Waals surface area contributed by atoms with Crippen molar-refractivity contribution in [2.24, 2.45) is 0 Å². The Morgan fingerprint density at radius 3 is 2.74 bits per heavy atom. The number of carbonyl (C=O) groups is 2. The Balaban J connectivity index is 2.22. The molecule has 5 nitrogen and oxygen atoms in total. The summed E-state index contributed by atoms with van der Waals surface area (Å²) in [4.78, 5) is 26.1. The summed E-state index contributed by atoms with van der Waals surface area (Å²) in [6.07, 6.45) is 5.61. The molecule has 1 amide bonds. The maximum absolute atomic E-state index is 12.7. The molecule has 0 atom stereocenters. The van der Waals surface area contributed by atoms with E-state index in [1.165, 1.54) is 6.08 Å². The van der Waals surface area contributed by atoms with Gasteiger partial charge in [0.2, 0.25) is 0 Å². The van der Waals surface area contributed by atoms with Crippen molar-refractivity contribution in [1.29, 1.82) is 0 Å². The zero-order valence-electron chi connectivity index (χ0n) is 13.8. The van der Waals surface area contributed by atoms with Gasteiger partial charge in [-0.3, -0.25) is 9.69 Å². The minimum Gasteiger partial charge on any atom is -0.463 e. The first-order valence-corrected chi connectivity index (χ1v) is 8.23. The molecule has 124 valence electrons. The third-order valence-corrected chi connectivity index (χ3v) is 3.73. The van der Waals surface area contributed by atoms with Crippen LogP contribution in [0.4, 0.5) is 5.69 Å². The Morgan fingerprint density at radius 1 is 1.22 bits per heavy atom. The number of fused-ring (bicyclic) bond motifs is 1. The highest BCUT2D eigenvalue weighted by Crippen LogP contribution is 2.27. The van der Waals surface area contributed by atoms with Crippen molar-refractivity contribution in [3.63, 3.8) is 0 Å². The number of ether oxygens (including phenoxy) is 1. The van der Waals surface area contributed by atoms with Crippen LogP contribution in [0.25, 0.3) is 0 Å². The quantitative estimate of drug-likeness (QED) is 0.475. The topological polar surface area (TPSA) is 58.6 Å². The van der Waals surface area contributed by atoms with Gasteiger partial charge in [0.25, 0.3) is 5.91 Å². The second-order valence-electron chi connectivity index (χ2n) is 5.47. The summed E-state index contributed by atoms with van der Waals surface area (Å²) in [6, 6.07) is 7.33. The SMILES string of the molecule is CCCCCCN1C(=O)c2ccccc2N/C1=C/C(=O)OCC. The zero-order chi connectivity index (χ0) is 16.7. The highest BCUT2D eigenvalue weighted by atomic mass is 16.5. The summed E-state index contributed by atoms with van der Waals surface area (Å²) in [6.45, 7) is 4.80. The molecule has 1 heterocycles. The normalized spacial score (nSPS) is 15.3. The maximum atomic E-state index is 12.7. The molecule has 0 unspecified atom stereocenters. The number of benzene rings is 1. The number of anilines is 1. The summed E-state index contributed by atoms with van der Waals surface area (Å²) in [5, 5.41) is 3.17. The fourth-order valence-corrected chi connectivity index (χ4v) is 2.57. The zero-order valence-corrected chi connectivity index (χ0v) is 13.8. The first-order valence-electron chi connectivity index (χ1n) is 8.23. The summed E-state index contributed by atoms with van der Waals surface area (Å²) in [5.41, 5.74) is 1.35. The number of carbonyl (C=O) groups excluding carboxylic acids is 2. The van der Waals surface area contributed by atoms with E-state index in [4.69, 9.17) is 4.74 Å². The maximum Gasteiger partial charge on any atom is 0.334 e. The smallest absolute Gasteiger partial charge is 0.334 e. The van der Waals surface area contributed by atoms with Gasteiger partial charge in [-0.15, -0.1) is 0 Å². The van der Waals surface area contributed by atoms with Crippen molar-refractivity contribution in [2.45, 2.75) is 39.5 Å². The van der Waals surface area contributed by atoms with E-state index in [-0.39, 0.29) is 5.91 Å². The summed E-state index contributed by atoms with van der Waals surface area (Å²) < 4.78 is 4.97. The van der Waals surface area contributed by atoms with Crippen molar-refractivity contribution in [2.75, 3.05) is 18.5 Å². The molecular weight excluding hydrogens is 292 g/mol. The first-order chi connectivity index (χ1) is 11.2. The van der Waals surface area contributed by atoms with E-state index in [9.17, 15) is 9.59 Å². The number of unbranched alkanes of at least 4 members (excludes halogenated alkanes) is 3. The molecule has 2 rings (SSSR count). The average molecular weight is 316 g/mol. The molecule has 1 aliphatic heterocycles. The number of hydrogen-bond acceptors (Lipinski definition) is 4. The molecule has 0 aliphatic carbocycles. The third kappa shape index (κ3) is 4.34. The lowest BCUT2D eigenvalue weighted by Gasteiger charge is -2.32. The van der Waals surface area contributed by atoms with Gasteiger partial charge in [-0.1, -0.05) is 38.3 Å². The standard InChI is InChI=1S/C18H24N2O3/c1-3-5-6-9-12-20-16(13-17(21)23-4-2)19-15-11-8-7-10-14(15)18(20)22/h7-8,10-11,13,19H,3-6,9,12H2,1-2H3/b16-13-. The van der Waals surface area contributed by atoms with Crippen molar-refractivity contribution in [1.82, 2.24) is 4.90 Å². The van der Waals surface area contributed by atoms with E-state index >= 15 is 0 Å². The van der Waals surface area contributed by atoms with E-state index in [0.717, 1.165) is 31.4 Å². The Kier molecular flexibility index (Phi) is 6.20. The lowest BCUT2D eigenvalue weighted by Crippen LogP contribution is -2.39. The number of nitrogens with zero attached hydrogens (tertiary/aromatic N) is 1. The van der Waals surface area contributed by atoms with Crippen LogP contribution in [-0.2, 0) is 9.53 Å². The lowest BCUT2D eigenvalue weighted by atomic mass is 10.1. The first kappa shape index (κ1) is 17.1. The minimum atomic E-state index is -0.444. The molecule has 5 heteroatoms. The van der Waals surface area contributed by atoms with Crippen LogP contribution in [0.1, 0.15) is 49.9 Å². The average Bonchev–Trinajstić information content (AvgIpc) is 2.54. The Bertz CT molecular complexity index is 596. The monoisotopic (exact) mass is 316 g/mol. The Labute approximate surface area is 137 Å². The fourth-order valence-electron chi connectivity index (χ4n) is 2.57. The molecule has 1 aromatic carbocycles. The molecule has 0 aromatic heterocycles. The van der Waals surface area contributed by atoms with Gasteiger partial charge in [-0.25, -0.2) is 4.79 Å². The van der Waals surface area contributed by atoms with Gasteiger partial charge in [0.05, 0.1) is 23.9 Å². The molecule has 1 aliphatic rings. The van der Waals surface area contributed by atoms with Crippen molar-refractivity contribution < 1.29 is 14.3 Å². The van der Waals surface area contributed by atoms with E-state index in [1.54, 1.807) is 17.9 Å². The van der Waals surface area contributed by atoms with Gasteiger partial charge < -0.3 is 10.1 Å². The van der Waals surface area contributed by atoms with Gasteiger partial charge >= 0.3 is 5.97 Å². The molecule has 0 saturated carbocycles. The number of hydrogen-bond donors (Lipinski definition) is 1. The van der Waals surface area contributed by atoms with E-state index < -0.39 is 5.97 Å². The highest BCUT2D eigenvalue weighted by molar-refractivity contribution is 6.04. The molecule has 0 saturated heterocycles. The summed E-state index contributed by atoms with van der Waals surface area (Å²) in [7, 11) is 0. The van der Waals surface area contributed by atoms with Crippen LogP contribution in [0, 0.1) is 0 Å². The van der Waals surface area contributed by atoms with Crippen LogP contribution in [0.2, 0.25) is 0 Å². The summed E-state index contributed by atoms with van der Waals surface area (Å²) >= 11 is 0. The summed E-state index contributed by atoms with van der Waals surface area (Å²) in [5.74, 6) is -0.0317. The molecule has 0 radical (unpaired) electrons. The molecule has 23 heavy (non-hydrogen) atoms. The molecule has 1 N–H and O–H groups in total. The Hall–Kier alpha value is -2.30. The van der Waals surface area contributed by atoms with Crippen LogP contribution in [0.3, 0.4) is 0 Å². The van der Waals surface area contributed by atoms with Crippen molar-refractivity contribution >= 4 is 17.6 Å². The van der Waals surface area contributed by atoms with Gasteiger partial charge in [-0.2, -0.15) is 0 Å². The van der Waals surface area contributed by atoms with Gasteiger partial charge in [-0.05, 0) is 25.5 Å². The highest BCUT2D eigenvalue weighted by Gasteiger charge is 2.28. The third-order valence-electron chi connectivity index (χ3n) is 3.73. The van der Waals surface area contributed by atoms with Crippen LogP contribution in [-0.4, -0.2) is 29.9 Å². The predicted octanol–water partition coefficient (Wildman–Crippen LogP) is 3.54. The van der Waals surface area contributed by atoms with E-state index in [0.29, 0.717) is 24.5 Å². The van der Waals surface area contributed by atoms with Crippen molar-refractivity contribution in [3.8, 4) is 0 Å². The van der Waals surface area contributed by atoms with Crippen LogP contribution >= 0.6 is 0 Å². The molecular formula is C18H24N2O3. The van der Waals surface area contributed by atoms with Crippen LogP contribution in [0.5, 0.6) is 0 Å². The van der Waals surface area contributed by atoms with Gasteiger partial charge in [0, 0.05) is 6.54 Å².